The highest BCUT2D eigenvalue weighted by molar-refractivity contribution is 9.10. The number of methoxy groups -OCH3 is 1. The number of aliphatic hydroxyl groups excluding tert-OH is 1. The van der Waals surface area contributed by atoms with Crippen molar-refractivity contribution in [2.24, 2.45) is 0 Å². The van der Waals surface area contributed by atoms with Crippen LogP contribution in [0.25, 0.3) is 5.57 Å². The van der Waals surface area contributed by atoms with Gasteiger partial charge in [-0.2, -0.15) is 0 Å². The summed E-state index contributed by atoms with van der Waals surface area (Å²) in [6.07, 6.45) is 0. The molecule has 1 amide bonds. The maximum absolute atomic E-state index is 13.2. The van der Waals surface area contributed by atoms with E-state index in [-0.39, 0.29) is 11.7 Å². The van der Waals surface area contributed by atoms with Crippen molar-refractivity contribution in [2.75, 3.05) is 7.11 Å². The van der Waals surface area contributed by atoms with E-state index in [0.717, 1.165) is 26.7 Å². The van der Waals surface area contributed by atoms with Crippen molar-refractivity contribution >= 4 is 27.4 Å². The predicted molar refractivity (Wildman–Crippen MR) is 121 cm³/mol. The lowest BCUT2D eigenvalue weighted by molar-refractivity contribution is -0.130. The number of aryl methyl sites for hydroxylation is 1. The standard InChI is InChI=1S/C25H22BrNO3/c1-16-10-12-17(13-11-16)22-23(18-7-5-8-20(26)14-18)27(25(29)24(22)28)15-19-6-3-4-9-21(19)30-2/h3-14,23,28H,15H2,1-2H3. The van der Waals surface area contributed by atoms with E-state index in [0.29, 0.717) is 17.9 Å². The fraction of sp³-hybridized carbons (Fsp3) is 0.160. The Morgan fingerprint density at radius 2 is 1.77 bits per heavy atom. The van der Waals surface area contributed by atoms with E-state index in [1.54, 1.807) is 12.0 Å². The molecule has 3 aromatic carbocycles. The molecule has 1 aliphatic rings. The number of hydrogen-bond donors (Lipinski definition) is 1. The zero-order valence-corrected chi connectivity index (χ0v) is 18.4. The zero-order valence-electron chi connectivity index (χ0n) is 16.8. The molecule has 0 spiro atoms. The van der Waals surface area contributed by atoms with Gasteiger partial charge in [-0.1, -0.05) is 76.1 Å². The summed E-state index contributed by atoms with van der Waals surface area (Å²) in [7, 11) is 1.61. The third kappa shape index (κ3) is 3.73. The monoisotopic (exact) mass is 463 g/mol. The Morgan fingerprint density at radius 3 is 2.47 bits per heavy atom. The fourth-order valence-corrected chi connectivity index (χ4v) is 4.30. The number of hydrogen-bond acceptors (Lipinski definition) is 3. The highest BCUT2D eigenvalue weighted by Gasteiger charge is 2.41. The van der Waals surface area contributed by atoms with Gasteiger partial charge < -0.3 is 14.7 Å². The van der Waals surface area contributed by atoms with Gasteiger partial charge in [-0.15, -0.1) is 0 Å². The molecule has 1 unspecified atom stereocenters. The smallest absolute Gasteiger partial charge is 0.290 e. The molecule has 1 atom stereocenters. The molecule has 3 aromatic rings. The van der Waals surface area contributed by atoms with Gasteiger partial charge in [0.15, 0.2) is 5.76 Å². The van der Waals surface area contributed by atoms with Crippen LogP contribution in [0.3, 0.4) is 0 Å². The van der Waals surface area contributed by atoms with Gasteiger partial charge in [0.25, 0.3) is 5.91 Å². The van der Waals surface area contributed by atoms with E-state index in [4.69, 9.17) is 4.74 Å². The average molecular weight is 464 g/mol. The Hall–Kier alpha value is -3.05. The Morgan fingerprint density at radius 1 is 1.03 bits per heavy atom. The van der Waals surface area contributed by atoms with Crippen molar-refractivity contribution in [3.63, 3.8) is 0 Å². The van der Waals surface area contributed by atoms with Gasteiger partial charge in [0, 0.05) is 15.6 Å². The van der Waals surface area contributed by atoms with E-state index >= 15 is 0 Å². The second-order valence-corrected chi connectivity index (χ2v) is 8.25. The highest BCUT2D eigenvalue weighted by Crippen LogP contribution is 2.44. The molecule has 1 aliphatic heterocycles. The number of rotatable bonds is 5. The van der Waals surface area contributed by atoms with Crippen molar-refractivity contribution in [2.45, 2.75) is 19.5 Å². The highest BCUT2D eigenvalue weighted by atomic mass is 79.9. The molecule has 0 radical (unpaired) electrons. The van der Waals surface area contributed by atoms with Crippen LogP contribution >= 0.6 is 15.9 Å². The maximum Gasteiger partial charge on any atom is 0.290 e. The molecule has 4 rings (SSSR count). The van der Waals surface area contributed by atoms with Crippen LogP contribution in [0, 0.1) is 6.92 Å². The summed E-state index contributed by atoms with van der Waals surface area (Å²) in [5, 5.41) is 10.9. The first-order valence-electron chi connectivity index (χ1n) is 9.68. The SMILES string of the molecule is COc1ccccc1CN1C(=O)C(O)=C(c2ccc(C)cc2)C1c1cccc(Br)c1. The van der Waals surface area contributed by atoms with Crippen molar-refractivity contribution in [3.05, 3.63) is 105 Å². The molecule has 30 heavy (non-hydrogen) atoms. The molecule has 0 saturated heterocycles. The van der Waals surface area contributed by atoms with Crippen LogP contribution in [0.15, 0.2) is 83.0 Å². The lowest BCUT2D eigenvalue weighted by atomic mass is 9.93. The summed E-state index contributed by atoms with van der Waals surface area (Å²) in [5.41, 5.74) is 4.37. The minimum atomic E-state index is -0.414. The number of amides is 1. The van der Waals surface area contributed by atoms with E-state index in [2.05, 4.69) is 15.9 Å². The topological polar surface area (TPSA) is 49.8 Å². The number of carbonyl (C=O) groups is 1. The second-order valence-electron chi connectivity index (χ2n) is 7.33. The van der Waals surface area contributed by atoms with Crippen molar-refractivity contribution in [3.8, 4) is 5.75 Å². The van der Waals surface area contributed by atoms with E-state index < -0.39 is 6.04 Å². The Balaban J connectivity index is 1.83. The summed E-state index contributed by atoms with van der Waals surface area (Å²) in [6, 6.07) is 22.9. The summed E-state index contributed by atoms with van der Waals surface area (Å²) in [4.78, 5) is 14.9. The third-order valence-electron chi connectivity index (χ3n) is 5.36. The van der Waals surface area contributed by atoms with Gasteiger partial charge in [-0.25, -0.2) is 0 Å². The van der Waals surface area contributed by atoms with Crippen molar-refractivity contribution in [1.82, 2.24) is 4.90 Å². The first-order valence-corrected chi connectivity index (χ1v) is 10.5. The Labute approximate surface area is 184 Å². The molecule has 0 fully saturated rings. The van der Waals surface area contributed by atoms with E-state index in [9.17, 15) is 9.90 Å². The first kappa shape index (κ1) is 20.2. The molecule has 5 heteroatoms. The maximum atomic E-state index is 13.2. The van der Waals surface area contributed by atoms with E-state index in [1.165, 1.54) is 0 Å². The van der Waals surface area contributed by atoms with Gasteiger partial charge in [-0.05, 0) is 36.2 Å². The van der Waals surface area contributed by atoms with Gasteiger partial charge in [0.1, 0.15) is 5.75 Å². The molecule has 0 aromatic heterocycles. The minimum Gasteiger partial charge on any atom is -0.503 e. The molecule has 4 nitrogen and oxygen atoms in total. The van der Waals surface area contributed by atoms with Gasteiger partial charge in [0.05, 0.1) is 19.7 Å². The summed E-state index contributed by atoms with van der Waals surface area (Å²) in [6.45, 7) is 2.33. The molecule has 1 heterocycles. The van der Waals surface area contributed by atoms with Crippen LogP contribution in [0.1, 0.15) is 28.3 Å². The quantitative estimate of drug-likeness (QED) is 0.518. The number of halogens is 1. The molecule has 0 bridgehead atoms. The molecule has 0 saturated carbocycles. The van der Waals surface area contributed by atoms with Gasteiger partial charge in [0.2, 0.25) is 0 Å². The zero-order chi connectivity index (χ0) is 21.3. The van der Waals surface area contributed by atoms with Crippen LogP contribution in [0.5, 0.6) is 5.75 Å². The van der Waals surface area contributed by atoms with E-state index in [1.807, 2.05) is 79.7 Å². The molecule has 152 valence electrons. The Bertz CT molecular complexity index is 1120. The molecule has 1 N–H and O–H groups in total. The van der Waals surface area contributed by atoms with Crippen LogP contribution < -0.4 is 4.74 Å². The van der Waals surface area contributed by atoms with Gasteiger partial charge in [-0.3, -0.25) is 4.79 Å². The Kier molecular flexibility index (Phi) is 5.64. The van der Waals surface area contributed by atoms with Crippen LogP contribution in [-0.4, -0.2) is 23.0 Å². The number of ether oxygens (including phenoxy) is 1. The summed E-state index contributed by atoms with van der Waals surface area (Å²) < 4.78 is 6.40. The minimum absolute atomic E-state index is 0.210. The summed E-state index contributed by atoms with van der Waals surface area (Å²) in [5.74, 6) is 0.113. The fourth-order valence-electron chi connectivity index (χ4n) is 3.89. The number of carbonyl (C=O) groups excluding carboxylic acids is 1. The first-order chi connectivity index (χ1) is 14.5. The largest absolute Gasteiger partial charge is 0.503 e. The average Bonchev–Trinajstić information content (AvgIpc) is 3.00. The normalized spacial score (nSPS) is 16.3. The molecular formula is C25H22BrNO3. The second kappa shape index (κ2) is 8.36. The number of benzene rings is 3. The number of nitrogens with zero attached hydrogens (tertiary/aromatic N) is 1. The van der Waals surface area contributed by atoms with Crippen molar-refractivity contribution in [1.29, 1.82) is 0 Å². The van der Waals surface area contributed by atoms with Crippen LogP contribution in [0.4, 0.5) is 0 Å². The van der Waals surface area contributed by atoms with Crippen molar-refractivity contribution < 1.29 is 14.6 Å². The van der Waals surface area contributed by atoms with Crippen LogP contribution in [-0.2, 0) is 11.3 Å². The predicted octanol–water partition coefficient (Wildman–Crippen LogP) is 5.82. The summed E-state index contributed by atoms with van der Waals surface area (Å²) >= 11 is 3.53. The number of para-hydroxylation sites is 1. The molecular weight excluding hydrogens is 442 g/mol. The van der Waals surface area contributed by atoms with Crippen LogP contribution in [0.2, 0.25) is 0 Å². The molecule has 0 aliphatic carbocycles. The number of aliphatic hydroxyl groups is 1. The third-order valence-corrected chi connectivity index (χ3v) is 5.86. The lowest BCUT2D eigenvalue weighted by Crippen LogP contribution is -2.30. The van der Waals surface area contributed by atoms with Gasteiger partial charge >= 0.3 is 0 Å². The lowest BCUT2D eigenvalue weighted by Gasteiger charge is -2.28.